The monoisotopic (exact) mass is 430 g/mol. The predicted octanol–water partition coefficient (Wildman–Crippen LogP) is 2.47. The van der Waals surface area contributed by atoms with Crippen LogP contribution in [-0.2, 0) is 28.1 Å². The maximum atomic E-state index is 14.5. The van der Waals surface area contributed by atoms with Gasteiger partial charge in [-0.05, 0) is 49.6 Å². The first-order chi connectivity index (χ1) is 14.4. The number of aldehydes is 1. The highest BCUT2D eigenvalue weighted by molar-refractivity contribution is 7.98. The van der Waals surface area contributed by atoms with Crippen LogP contribution < -0.4 is 0 Å². The molecule has 0 saturated heterocycles. The predicted molar refractivity (Wildman–Crippen MR) is 112 cm³/mol. The quantitative estimate of drug-likeness (QED) is 0.398. The molecule has 158 valence electrons. The number of pyridine rings is 1. The summed E-state index contributed by atoms with van der Waals surface area (Å²) in [5.74, 6) is -0.741. The first-order valence-corrected chi connectivity index (χ1v) is 11.1. The number of carbonyl (C=O) groups excluding carboxylic acids is 2. The molecule has 2 aromatic rings. The summed E-state index contributed by atoms with van der Waals surface area (Å²) in [7, 11) is 0. The van der Waals surface area contributed by atoms with Crippen LogP contribution in [0.1, 0.15) is 36.6 Å². The fourth-order valence-corrected chi connectivity index (χ4v) is 5.19. The Balaban J connectivity index is 2.00. The highest BCUT2D eigenvalue weighted by Gasteiger charge is 2.55. The van der Waals surface area contributed by atoms with E-state index in [2.05, 4.69) is 0 Å². The molecule has 8 heteroatoms. The van der Waals surface area contributed by atoms with Gasteiger partial charge in [-0.15, -0.1) is 11.8 Å². The Morgan fingerprint density at radius 1 is 1.33 bits per heavy atom. The number of aliphatic hydroxyl groups is 2. The standard InChI is InChI=1S/C22H23FN2O4S/c1-22-16(11-28)15(10-27)21(29)25(22)9-14-12(5-3-4-6-26)13-7-19(30-2)17(23)8-18(13)24-20(14)22/h7-8,11,26-27H,3-6,9-10H2,1-2H3. The minimum Gasteiger partial charge on any atom is -0.396 e. The summed E-state index contributed by atoms with van der Waals surface area (Å²) in [6, 6.07) is 3.19. The molecule has 2 aliphatic rings. The van der Waals surface area contributed by atoms with Gasteiger partial charge in [0, 0.05) is 35.1 Å². The number of hydrogen-bond acceptors (Lipinski definition) is 6. The van der Waals surface area contributed by atoms with Crippen LogP contribution in [-0.4, -0.2) is 51.8 Å². The van der Waals surface area contributed by atoms with E-state index < -0.39 is 12.1 Å². The summed E-state index contributed by atoms with van der Waals surface area (Å²) in [5.41, 5.74) is 2.09. The van der Waals surface area contributed by atoms with Crippen LogP contribution in [0.5, 0.6) is 0 Å². The second-order valence-corrected chi connectivity index (χ2v) is 8.58. The number of amides is 1. The van der Waals surface area contributed by atoms with Crippen LogP contribution in [0.15, 0.2) is 28.2 Å². The van der Waals surface area contributed by atoms with Crippen LogP contribution in [0.2, 0.25) is 0 Å². The van der Waals surface area contributed by atoms with Gasteiger partial charge in [0.25, 0.3) is 5.91 Å². The largest absolute Gasteiger partial charge is 0.396 e. The van der Waals surface area contributed by atoms with Crippen molar-refractivity contribution in [2.24, 2.45) is 0 Å². The summed E-state index contributed by atoms with van der Waals surface area (Å²) in [6.45, 7) is 1.59. The Labute approximate surface area is 177 Å². The highest BCUT2D eigenvalue weighted by Crippen LogP contribution is 2.50. The molecular weight excluding hydrogens is 407 g/mol. The second kappa shape index (κ2) is 7.76. The fraction of sp³-hybridized carbons (Fsp3) is 0.409. The van der Waals surface area contributed by atoms with Crippen molar-refractivity contribution in [3.8, 4) is 0 Å². The van der Waals surface area contributed by atoms with Gasteiger partial charge in [-0.2, -0.15) is 0 Å². The first kappa shape index (κ1) is 21.0. The molecule has 4 rings (SSSR count). The van der Waals surface area contributed by atoms with Gasteiger partial charge in [-0.1, -0.05) is 0 Å². The maximum absolute atomic E-state index is 14.5. The summed E-state index contributed by atoms with van der Waals surface area (Å²) in [6.07, 6.45) is 4.43. The van der Waals surface area contributed by atoms with Crippen molar-refractivity contribution in [1.82, 2.24) is 9.88 Å². The summed E-state index contributed by atoms with van der Waals surface area (Å²) in [5, 5.41) is 19.7. The van der Waals surface area contributed by atoms with Crippen molar-refractivity contribution in [2.45, 2.75) is 43.2 Å². The molecule has 1 unspecified atom stereocenters. The first-order valence-electron chi connectivity index (χ1n) is 9.84. The summed E-state index contributed by atoms with van der Waals surface area (Å²) < 4.78 is 14.5. The Hall–Kier alpha value is -2.29. The molecule has 0 bridgehead atoms. The van der Waals surface area contributed by atoms with Gasteiger partial charge < -0.3 is 15.1 Å². The normalized spacial score (nSPS) is 20.3. The molecule has 1 aromatic heterocycles. The number of benzene rings is 1. The van der Waals surface area contributed by atoms with Crippen molar-refractivity contribution in [3.63, 3.8) is 0 Å². The Kier molecular flexibility index (Phi) is 5.42. The molecule has 2 aliphatic heterocycles. The second-order valence-electron chi connectivity index (χ2n) is 7.73. The van der Waals surface area contributed by atoms with Crippen LogP contribution in [0.25, 0.3) is 10.9 Å². The van der Waals surface area contributed by atoms with Crippen molar-refractivity contribution in [1.29, 1.82) is 0 Å². The summed E-state index contributed by atoms with van der Waals surface area (Å²) >= 11 is 1.32. The van der Waals surface area contributed by atoms with E-state index >= 15 is 0 Å². The SMILES string of the molecule is CSc1cc2c(CCCCO)c3c(nc2cc1F)C1(C)C(C=O)=C(CO)C(=O)N1C3. The number of unbranched alkanes of at least 4 members (excludes halogenated alkanes) is 1. The Morgan fingerprint density at radius 2 is 2.10 bits per heavy atom. The molecule has 0 spiro atoms. The van der Waals surface area contributed by atoms with Crippen molar-refractivity contribution >= 4 is 34.9 Å². The van der Waals surface area contributed by atoms with E-state index in [1.165, 1.54) is 17.8 Å². The Bertz CT molecular complexity index is 1100. The van der Waals surface area contributed by atoms with Crippen LogP contribution >= 0.6 is 11.8 Å². The molecule has 0 fully saturated rings. The number of halogens is 1. The lowest BCUT2D eigenvalue weighted by Gasteiger charge is -2.29. The third kappa shape index (κ3) is 2.81. The molecule has 2 N–H and O–H groups in total. The van der Waals surface area contributed by atoms with E-state index in [0.29, 0.717) is 35.2 Å². The van der Waals surface area contributed by atoms with E-state index in [1.807, 2.05) is 6.26 Å². The number of hydrogen-bond donors (Lipinski definition) is 2. The zero-order chi connectivity index (χ0) is 21.6. The number of rotatable bonds is 7. The molecule has 0 aliphatic carbocycles. The molecule has 1 atom stereocenters. The van der Waals surface area contributed by atoms with Crippen molar-refractivity contribution < 1.29 is 24.2 Å². The molecule has 3 heterocycles. The Morgan fingerprint density at radius 3 is 2.73 bits per heavy atom. The molecular formula is C22H23FN2O4S. The van der Waals surface area contributed by atoms with E-state index in [-0.39, 0.29) is 36.0 Å². The lowest BCUT2D eigenvalue weighted by Crippen LogP contribution is -2.38. The topological polar surface area (TPSA) is 90.7 Å². The number of aliphatic hydroxyl groups excluding tert-OH is 2. The maximum Gasteiger partial charge on any atom is 0.253 e. The van der Waals surface area contributed by atoms with Gasteiger partial charge in [0.1, 0.15) is 17.6 Å². The van der Waals surface area contributed by atoms with Crippen molar-refractivity contribution in [2.75, 3.05) is 19.5 Å². The third-order valence-electron chi connectivity index (χ3n) is 6.26. The van der Waals surface area contributed by atoms with Gasteiger partial charge in [0.2, 0.25) is 0 Å². The van der Waals surface area contributed by atoms with Crippen molar-refractivity contribution in [3.05, 3.63) is 45.9 Å². The van der Waals surface area contributed by atoms with E-state index in [0.717, 1.165) is 22.9 Å². The minimum atomic E-state index is -1.08. The van der Waals surface area contributed by atoms with E-state index in [1.54, 1.807) is 17.9 Å². The zero-order valence-corrected chi connectivity index (χ0v) is 17.7. The average Bonchev–Trinajstić information content (AvgIpc) is 3.14. The molecule has 1 aromatic carbocycles. The fourth-order valence-electron chi connectivity index (χ4n) is 4.70. The molecule has 6 nitrogen and oxygen atoms in total. The van der Waals surface area contributed by atoms with Crippen LogP contribution in [0.4, 0.5) is 4.39 Å². The number of nitrogens with zero attached hydrogens (tertiary/aromatic N) is 2. The van der Waals surface area contributed by atoms with Gasteiger partial charge in [0.15, 0.2) is 0 Å². The van der Waals surface area contributed by atoms with E-state index in [4.69, 9.17) is 4.98 Å². The lowest BCUT2D eigenvalue weighted by atomic mass is 9.86. The van der Waals surface area contributed by atoms with Gasteiger partial charge in [0.05, 0.1) is 23.4 Å². The summed E-state index contributed by atoms with van der Waals surface area (Å²) in [4.78, 5) is 31.6. The van der Waals surface area contributed by atoms with Gasteiger partial charge in [-0.3, -0.25) is 9.59 Å². The lowest BCUT2D eigenvalue weighted by molar-refractivity contribution is -0.129. The molecule has 30 heavy (non-hydrogen) atoms. The number of carbonyl (C=O) groups is 2. The van der Waals surface area contributed by atoms with Crippen LogP contribution in [0.3, 0.4) is 0 Å². The van der Waals surface area contributed by atoms with Gasteiger partial charge >= 0.3 is 0 Å². The minimum absolute atomic E-state index is 0.0795. The molecule has 0 radical (unpaired) electrons. The third-order valence-corrected chi connectivity index (χ3v) is 7.01. The number of thioether (sulfide) groups is 1. The molecule has 0 saturated carbocycles. The zero-order valence-electron chi connectivity index (χ0n) is 16.9. The molecule has 1 amide bonds. The number of aryl methyl sites for hydroxylation is 1. The number of fused-ring (bicyclic) bond motifs is 4. The van der Waals surface area contributed by atoms with E-state index in [9.17, 15) is 24.2 Å². The highest BCUT2D eigenvalue weighted by atomic mass is 32.2. The number of aromatic nitrogens is 1. The van der Waals surface area contributed by atoms with Crippen LogP contribution in [0, 0.1) is 5.82 Å². The van der Waals surface area contributed by atoms with Gasteiger partial charge in [-0.25, -0.2) is 9.37 Å². The average molecular weight is 431 g/mol. The smallest absolute Gasteiger partial charge is 0.253 e.